The molecule has 2 heterocycles. The summed E-state index contributed by atoms with van der Waals surface area (Å²) in [4.78, 5) is 43.2. The van der Waals surface area contributed by atoms with E-state index in [4.69, 9.17) is 10.5 Å². The summed E-state index contributed by atoms with van der Waals surface area (Å²) in [5.41, 5.74) is 7.91. The Labute approximate surface area is 215 Å². The Morgan fingerprint density at radius 3 is 2.65 bits per heavy atom. The van der Waals surface area contributed by atoms with E-state index in [1.54, 1.807) is 38.4 Å². The maximum absolute atomic E-state index is 13.1. The molecular weight excluding hydrogens is 476 g/mol. The molecular formula is C25H34N8O4. The number of nitrogens with one attached hydrogen (secondary N) is 2. The van der Waals surface area contributed by atoms with Crippen LogP contribution in [-0.2, 0) is 17.9 Å². The number of imidazole rings is 1. The monoisotopic (exact) mass is 510 g/mol. The molecule has 0 atom stereocenters. The van der Waals surface area contributed by atoms with Gasteiger partial charge >= 0.3 is 0 Å². The molecule has 12 nitrogen and oxygen atoms in total. The Hall–Kier alpha value is -4.19. The fraction of sp³-hybridized carbons (Fsp3) is 0.400. The number of nitrogens with zero attached hydrogens (tertiary/aromatic N) is 5. The molecule has 3 rings (SSSR count). The number of rotatable bonds is 13. The van der Waals surface area contributed by atoms with E-state index in [0.717, 1.165) is 5.69 Å². The van der Waals surface area contributed by atoms with Crippen LogP contribution in [0, 0.1) is 6.92 Å². The number of nitrogens with two attached hydrogens (primary N) is 1. The van der Waals surface area contributed by atoms with Gasteiger partial charge in [0.15, 0.2) is 0 Å². The number of amides is 3. The minimum absolute atomic E-state index is 0.0767. The number of allylic oxidation sites excluding steroid dienone is 1. The Morgan fingerprint density at radius 2 is 2.00 bits per heavy atom. The first-order valence-electron chi connectivity index (χ1n) is 12.0. The Balaban J connectivity index is 1.88. The maximum atomic E-state index is 13.1. The minimum Gasteiger partial charge on any atom is -0.491 e. The van der Waals surface area contributed by atoms with Crippen LogP contribution in [0.15, 0.2) is 30.9 Å². The van der Waals surface area contributed by atoms with Crippen LogP contribution in [0.2, 0.25) is 0 Å². The van der Waals surface area contributed by atoms with Gasteiger partial charge in [-0.25, -0.2) is 4.98 Å². The molecule has 198 valence electrons. The Bertz CT molecular complexity index is 1310. The average molecular weight is 511 g/mol. The summed E-state index contributed by atoms with van der Waals surface area (Å²) >= 11 is 0. The first-order chi connectivity index (χ1) is 17.6. The smallest absolute Gasteiger partial charge is 0.276 e. The van der Waals surface area contributed by atoms with Crippen molar-refractivity contribution in [3.63, 3.8) is 0 Å². The first kappa shape index (κ1) is 27.4. The molecule has 0 saturated carbocycles. The fourth-order valence-electron chi connectivity index (χ4n) is 3.84. The number of benzene rings is 1. The highest BCUT2D eigenvalue weighted by Crippen LogP contribution is 2.31. The normalized spacial score (nSPS) is 11.1. The van der Waals surface area contributed by atoms with Gasteiger partial charge in [0.05, 0.1) is 24.4 Å². The van der Waals surface area contributed by atoms with Gasteiger partial charge in [0, 0.05) is 25.2 Å². The van der Waals surface area contributed by atoms with Gasteiger partial charge in [-0.05, 0) is 52.6 Å². The molecule has 4 N–H and O–H groups in total. The molecule has 3 aromatic rings. The van der Waals surface area contributed by atoms with Crippen molar-refractivity contribution in [3.8, 4) is 5.75 Å². The van der Waals surface area contributed by atoms with Crippen LogP contribution in [0.1, 0.15) is 39.9 Å². The zero-order valence-corrected chi connectivity index (χ0v) is 21.7. The predicted octanol–water partition coefficient (Wildman–Crippen LogP) is 1.55. The summed E-state index contributed by atoms with van der Waals surface area (Å²) in [6, 6.07) is 4.82. The quantitative estimate of drug-likeness (QED) is 0.233. The van der Waals surface area contributed by atoms with Crippen LogP contribution >= 0.6 is 0 Å². The predicted molar refractivity (Wildman–Crippen MR) is 141 cm³/mol. The molecule has 0 bridgehead atoms. The van der Waals surface area contributed by atoms with Crippen LogP contribution in [0.4, 0.5) is 5.95 Å². The molecule has 0 aliphatic carbocycles. The SMILES string of the molecule is C=CCn1c(NC(=O)c2cc(C)nn2CC)nc2cc(C(N)=O)cc(OCCCNC(=O)CN(C)C)c21. The van der Waals surface area contributed by atoms with Crippen molar-refractivity contribution >= 4 is 34.7 Å². The summed E-state index contributed by atoms with van der Waals surface area (Å²) in [5, 5.41) is 10.0. The third-order valence-corrected chi connectivity index (χ3v) is 5.42. The van der Waals surface area contributed by atoms with Gasteiger partial charge in [0.2, 0.25) is 17.8 Å². The van der Waals surface area contributed by atoms with Crippen molar-refractivity contribution in [1.82, 2.24) is 29.5 Å². The Kier molecular flexibility index (Phi) is 9.01. The second-order valence-corrected chi connectivity index (χ2v) is 8.77. The van der Waals surface area contributed by atoms with E-state index in [-0.39, 0.29) is 29.9 Å². The third kappa shape index (κ3) is 6.73. The number of ether oxygens (including phenoxy) is 1. The fourth-order valence-corrected chi connectivity index (χ4v) is 3.84. The second-order valence-electron chi connectivity index (χ2n) is 8.77. The first-order valence-corrected chi connectivity index (χ1v) is 12.0. The average Bonchev–Trinajstić information content (AvgIpc) is 3.38. The molecule has 1 aromatic carbocycles. The molecule has 37 heavy (non-hydrogen) atoms. The van der Waals surface area contributed by atoms with E-state index < -0.39 is 5.91 Å². The molecule has 0 radical (unpaired) electrons. The largest absolute Gasteiger partial charge is 0.491 e. The minimum atomic E-state index is -0.631. The van der Waals surface area contributed by atoms with E-state index in [2.05, 4.69) is 27.3 Å². The van der Waals surface area contributed by atoms with Gasteiger partial charge in [-0.2, -0.15) is 5.10 Å². The van der Waals surface area contributed by atoms with Crippen molar-refractivity contribution in [3.05, 3.63) is 47.8 Å². The molecule has 3 amide bonds. The van der Waals surface area contributed by atoms with Gasteiger partial charge in [-0.3, -0.25) is 24.4 Å². The van der Waals surface area contributed by atoms with Gasteiger partial charge in [0.25, 0.3) is 5.91 Å². The van der Waals surface area contributed by atoms with E-state index >= 15 is 0 Å². The second kappa shape index (κ2) is 12.2. The van der Waals surface area contributed by atoms with Crippen molar-refractivity contribution in [2.24, 2.45) is 5.73 Å². The van der Waals surface area contributed by atoms with E-state index in [1.165, 1.54) is 0 Å². The van der Waals surface area contributed by atoms with Crippen LogP contribution < -0.4 is 21.1 Å². The molecule has 0 unspecified atom stereocenters. The number of fused-ring (bicyclic) bond motifs is 1. The molecule has 12 heteroatoms. The van der Waals surface area contributed by atoms with Crippen molar-refractivity contribution in [2.75, 3.05) is 39.1 Å². The van der Waals surface area contributed by atoms with Gasteiger partial charge in [-0.15, -0.1) is 6.58 Å². The summed E-state index contributed by atoms with van der Waals surface area (Å²) in [5.74, 6) is -0.422. The van der Waals surface area contributed by atoms with Crippen LogP contribution in [-0.4, -0.2) is 75.7 Å². The Morgan fingerprint density at radius 1 is 1.24 bits per heavy atom. The van der Waals surface area contributed by atoms with Crippen LogP contribution in [0.3, 0.4) is 0 Å². The number of aryl methyl sites for hydroxylation is 2. The summed E-state index contributed by atoms with van der Waals surface area (Å²) in [6.45, 7) is 9.41. The molecule has 0 aliphatic heterocycles. The number of hydrogen-bond acceptors (Lipinski definition) is 7. The number of hydrogen-bond donors (Lipinski definition) is 3. The molecule has 0 spiro atoms. The third-order valence-electron chi connectivity index (χ3n) is 5.42. The number of aromatic nitrogens is 4. The lowest BCUT2D eigenvalue weighted by Crippen LogP contribution is -2.34. The highest BCUT2D eigenvalue weighted by molar-refractivity contribution is 6.04. The molecule has 2 aromatic heterocycles. The molecule has 0 saturated heterocycles. The van der Waals surface area contributed by atoms with Crippen molar-refractivity contribution in [2.45, 2.75) is 33.4 Å². The standard InChI is InChI=1S/C25H34N8O4/c1-6-10-32-22-18(28-25(32)29-24(36)19-12-16(3)30-33(19)7-2)13-17(23(26)35)14-20(22)37-11-8-9-27-21(34)15-31(4)5/h6,12-14H,1,7-11,15H2,2-5H3,(H2,26,35)(H,27,34)(H,28,29,36). The molecule has 0 fully saturated rings. The van der Waals surface area contributed by atoms with Crippen LogP contribution in [0.25, 0.3) is 11.0 Å². The zero-order chi connectivity index (χ0) is 27.1. The summed E-state index contributed by atoms with van der Waals surface area (Å²) in [7, 11) is 3.64. The van der Waals surface area contributed by atoms with E-state index in [0.29, 0.717) is 55.1 Å². The van der Waals surface area contributed by atoms with Gasteiger partial charge in [0.1, 0.15) is 17.0 Å². The number of carbonyl (C=O) groups excluding carboxylic acids is 3. The van der Waals surface area contributed by atoms with Gasteiger partial charge < -0.3 is 25.3 Å². The number of anilines is 1. The van der Waals surface area contributed by atoms with Gasteiger partial charge in [-0.1, -0.05) is 6.08 Å². The zero-order valence-electron chi connectivity index (χ0n) is 21.7. The van der Waals surface area contributed by atoms with E-state index in [9.17, 15) is 14.4 Å². The highest BCUT2D eigenvalue weighted by Gasteiger charge is 2.21. The summed E-state index contributed by atoms with van der Waals surface area (Å²) in [6.07, 6.45) is 2.21. The number of primary amides is 1. The van der Waals surface area contributed by atoms with Crippen LogP contribution in [0.5, 0.6) is 5.75 Å². The maximum Gasteiger partial charge on any atom is 0.276 e. The molecule has 0 aliphatic rings. The lowest BCUT2D eigenvalue weighted by Gasteiger charge is -2.13. The lowest BCUT2D eigenvalue weighted by atomic mass is 10.1. The number of carbonyl (C=O) groups is 3. The topological polar surface area (TPSA) is 149 Å². The van der Waals surface area contributed by atoms with Crippen molar-refractivity contribution in [1.29, 1.82) is 0 Å². The van der Waals surface area contributed by atoms with Crippen molar-refractivity contribution < 1.29 is 19.1 Å². The summed E-state index contributed by atoms with van der Waals surface area (Å²) < 4.78 is 9.37. The van der Waals surface area contributed by atoms with E-state index in [1.807, 2.05) is 27.9 Å². The number of likely N-dealkylation sites (N-methyl/N-ethyl adjacent to an activating group) is 1. The lowest BCUT2D eigenvalue weighted by molar-refractivity contribution is -0.121. The highest BCUT2D eigenvalue weighted by atomic mass is 16.5.